The van der Waals surface area contributed by atoms with Gasteiger partial charge in [0.1, 0.15) is 16.6 Å². The zero-order valence-electron chi connectivity index (χ0n) is 17.2. The molecule has 1 aromatic carbocycles. The second-order valence-electron chi connectivity index (χ2n) is 7.39. The lowest BCUT2D eigenvalue weighted by atomic mass is 10.1. The number of amides is 1. The number of nitrogens with two attached hydrogens (primary N) is 1. The molecule has 31 heavy (non-hydrogen) atoms. The first-order valence-corrected chi connectivity index (χ1v) is 10.9. The predicted molar refractivity (Wildman–Crippen MR) is 120 cm³/mol. The molecule has 4 N–H and O–H groups in total. The van der Waals surface area contributed by atoms with Crippen LogP contribution in [0.4, 0.5) is 10.8 Å². The van der Waals surface area contributed by atoms with E-state index in [1.165, 1.54) is 11.3 Å². The van der Waals surface area contributed by atoms with Gasteiger partial charge in [0.15, 0.2) is 0 Å². The van der Waals surface area contributed by atoms with Crippen molar-refractivity contribution in [2.45, 2.75) is 19.6 Å². The van der Waals surface area contributed by atoms with Crippen LogP contribution in [0.2, 0.25) is 0 Å². The van der Waals surface area contributed by atoms with Crippen LogP contribution in [0.25, 0.3) is 10.4 Å². The number of aromatic nitrogens is 2. The average Bonchev–Trinajstić information content (AvgIpc) is 3.19. The highest BCUT2D eigenvalue weighted by Gasteiger charge is 2.17. The molecule has 0 radical (unpaired) electrons. The minimum absolute atomic E-state index is 0.410. The third kappa shape index (κ3) is 5.26. The Kier molecular flexibility index (Phi) is 6.57. The van der Waals surface area contributed by atoms with Crippen molar-refractivity contribution in [2.75, 3.05) is 31.6 Å². The summed E-state index contributed by atoms with van der Waals surface area (Å²) in [5, 5.41) is 13.6. The Hall–Kier alpha value is -2.85. The number of anilines is 2. The second-order valence-corrected chi connectivity index (χ2v) is 8.44. The van der Waals surface area contributed by atoms with Crippen LogP contribution in [0.5, 0.6) is 0 Å². The highest BCUT2D eigenvalue weighted by Crippen LogP contribution is 2.37. The van der Waals surface area contributed by atoms with Gasteiger partial charge in [0.25, 0.3) is 5.91 Å². The van der Waals surface area contributed by atoms with E-state index in [0.717, 1.165) is 42.3 Å². The number of carbonyl (C=O) groups is 1. The van der Waals surface area contributed by atoms with Gasteiger partial charge in [-0.25, -0.2) is 9.97 Å². The first kappa shape index (κ1) is 21.4. The van der Waals surface area contributed by atoms with E-state index < -0.39 is 12.0 Å². The van der Waals surface area contributed by atoms with Crippen LogP contribution in [0.3, 0.4) is 0 Å². The van der Waals surface area contributed by atoms with Gasteiger partial charge in [-0.2, -0.15) is 0 Å². The molecule has 1 aliphatic heterocycles. The number of morpholine rings is 1. The number of rotatable bonds is 7. The lowest BCUT2D eigenvalue weighted by molar-refractivity contribution is 0.0331. The zero-order valence-corrected chi connectivity index (χ0v) is 18.1. The van der Waals surface area contributed by atoms with Crippen molar-refractivity contribution in [3.63, 3.8) is 0 Å². The topological polar surface area (TPSA) is 114 Å². The summed E-state index contributed by atoms with van der Waals surface area (Å²) >= 11 is 1.43. The monoisotopic (exact) mass is 439 g/mol. The summed E-state index contributed by atoms with van der Waals surface area (Å²) in [5.41, 5.74) is 7.81. The third-order valence-electron chi connectivity index (χ3n) is 5.09. The first-order chi connectivity index (χ1) is 15.0. The highest BCUT2D eigenvalue weighted by atomic mass is 32.1. The molecule has 8 nitrogen and oxygen atoms in total. The van der Waals surface area contributed by atoms with Crippen molar-refractivity contribution in [1.29, 1.82) is 0 Å². The number of aliphatic hydroxyl groups is 1. The molecule has 3 aromatic rings. The van der Waals surface area contributed by atoms with Crippen LogP contribution >= 0.6 is 11.3 Å². The number of thiophene rings is 1. The zero-order chi connectivity index (χ0) is 21.8. The second kappa shape index (κ2) is 9.52. The minimum Gasteiger partial charge on any atom is -0.389 e. The quantitative estimate of drug-likeness (QED) is 0.519. The molecular weight excluding hydrogens is 414 g/mol. The van der Waals surface area contributed by atoms with Crippen LogP contribution in [-0.4, -0.2) is 52.2 Å². The Labute approximate surface area is 184 Å². The lowest BCUT2D eigenvalue weighted by Crippen LogP contribution is -2.36. The molecule has 1 fully saturated rings. The van der Waals surface area contributed by atoms with Crippen molar-refractivity contribution < 1.29 is 14.6 Å². The predicted octanol–water partition coefficient (Wildman–Crippen LogP) is 2.93. The van der Waals surface area contributed by atoms with Gasteiger partial charge in [-0.05, 0) is 30.2 Å². The summed E-state index contributed by atoms with van der Waals surface area (Å²) in [7, 11) is 0. The van der Waals surface area contributed by atoms with Gasteiger partial charge < -0.3 is 20.9 Å². The molecule has 1 atom stereocenters. The van der Waals surface area contributed by atoms with Crippen molar-refractivity contribution in [2.24, 2.45) is 5.73 Å². The van der Waals surface area contributed by atoms with Gasteiger partial charge in [0.2, 0.25) is 0 Å². The van der Waals surface area contributed by atoms with Gasteiger partial charge in [-0.3, -0.25) is 9.69 Å². The molecule has 0 spiro atoms. The molecule has 1 unspecified atom stereocenters. The SMILES string of the molecule is CC(O)c1ccc(-c2cc(C(N)=O)c(Nc3ccnc(CN4CCOCC4)n3)s2)cc1. The maximum Gasteiger partial charge on any atom is 0.251 e. The maximum atomic E-state index is 12.0. The first-order valence-electron chi connectivity index (χ1n) is 10.1. The van der Waals surface area contributed by atoms with Crippen LogP contribution < -0.4 is 11.1 Å². The Morgan fingerprint density at radius 1 is 1.29 bits per heavy atom. The van der Waals surface area contributed by atoms with Gasteiger partial charge in [-0.15, -0.1) is 11.3 Å². The molecule has 3 heterocycles. The van der Waals surface area contributed by atoms with Crippen LogP contribution in [-0.2, 0) is 11.3 Å². The Balaban J connectivity index is 1.55. The molecule has 1 aliphatic rings. The molecule has 162 valence electrons. The Morgan fingerprint density at radius 3 is 2.71 bits per heavy atom. The van der Waals surface area contributed by atoms with E-state index in [4.69, 9.17) is 10.5 Å². The van der Waals surface area contributed by atoms with Crippen molar-refractivity contribution in [3.8, 4) is 10.4 Å². The number of hydrogen-bond acceptors (Lipinski definition) is 8. The fraction of sp³-hybridized carbons (Fsp3) is 0.318. The van der Waals surface area contributed by atoms with E-state index in [0.29, 0.717) is 28.8 Å². The average molecular weight is 440 g/mol. The number of nitrogens with zero attached hydrogens (tertiary/aromatic N) is 3. The van der Waals surface area contributed by atoms with E-state index in [2.05, 4.69) is 20.2 Å². The highest BCUT2D eigenvalue weighted by molar-refractivity contribution is 7.19. The molecule has 4 rings (SSSR count). The molecule has 1 amide bonds. The fourth-order valence-corrected chi connectivity index (χ4v) is 4.43. The molecule has 0 aliphatic carbocycles. The smallest absolute Gasteiger partial charge is 0.251 e. The van der Waals surface area contributed by atoms with E-state index in [1.54, 1.807) is 25.3 Å². The van der Waals surface area contributed by atoms with E-state index in [9.17, 15) is 9.90 Å². The minimum atomic E-state index is -0.528. The molecule has 9 heteroatoms. The number of benzene rings is 1. The normalized spacial score (nSPS) is 15.5. The van der Waals surface area contributed by atoms with Gasteiger partial charge in [0, 0.05) is 24.2 Å². The Bertz CT molecular complexity index is 1050. The summed E-state index contributed by atoms with van der Waals surface area (Å²) < 4.78 is 5.38. The largest absolute Gasteiger partial charge is 0.389 e. The molecule has 0 bridgehead atoms. The molecular formula is C22H25N5O3S. The number of ether oxygens (including phenoxy) is 1. The molecule has 2 aromatic heterocycles. The van der Waals surface area contributed by atoms with E-state index in [1.807, 2.05) is 24.3 Å². The maximum absolute atomic E-state index is 12.0. The van der Waals surface area contributed by atoms with E-state index >= 15 is 0 Å². The number of carbonyl (C=O) groups excluding carboxylic acids is 1. The van der Waals surface area contributed by atoms with Crippen molar-refractivity contribution >= 4 is 28.1 Å². The number of nitrogens with one attached hydrogen (secondary N) is 1. The summed E-state index contributed by atoms with van der Waals surface area (Å²) in [6.07, 6.45) is 1.18. The van der Waals surface area contributed by atoms with Crippen molar-refractivity contribution in [1.82, 2.24) is 14.9 Å². The summed E-state index contributed by atoms with van der Waals surface area (Å²) in [4.78, 5) is 24.1. The molecule has 0 saturated carbocycles. The van der Waals surface area contributed by atoms with Gasteiger partial charge >= 0.3 is 0 Å². The van der Waals surface area contributed by atoms with E-state index in [-0.39, 0.29) is 0 Å². The van der Waals surface area contributed by atoms with Crippen LogP contribution in [0, 0.1) is 0 Å². The number of hydrogen-bond donors (Lipinski definition) is 3. The standard InChI is InChI=1S/C22H25N5O3S/c1-14(28)15-2-4-16(5-3-15)18-12-17(21(23)29)22(31-18)26-19-6-7-24-20(25-19)13-27-8-10-30-11-9-27/h2-7,12,14,28H,8-11,13H2,1H3,(H2,23,29)(H,24,25,26). The third-order valence-corrected chi connectivity index (χ3v) is 6.19. The summed E-state index contributed by atoms with van der Waals surface area (Å²) in [6.45, 7) is 5.52. The number of primary amides is 1. The van der Waals surface area contributed by atoms with Crippen LogP contribution in [0.15, 0.2) is 42.6 Å². The van der Waals surface area contributed by atoms with Crippen molar-refractivity contribution in [3.05, 3.63) is 59.5 Å². The fourth-order valence-electron chi connectivity index (χ4n) is 3.36. The van der Waals surface area contributed by atoms with Crippen LogP contribution in [0.1, 0.15) is 34.8 Å². The van der Waals surface area contributed by atoms with Gasteiger partial charge in [-0.1, -0.05) is 24.3 Å². The van der Waals surface area contributed by atoms with Gasteiger partial charge in [0.05, 0.1) is 31.4 Å². The summed E-state index contributed by atoms with van der Waals surface area (Å²) in [5.74, 6) is 0.810. The number of aliphatic hydroxyl groups excluding tert-OH is 1. The Morgan fingerprint density at radius 2 is 2.03 bits per heavy atom. The summed E-state index contributed by atoms with van der Waals surface area (Å²) in [6, 6.07) is 11.1. The lowest BCUT2D eigenvalue weighted by Gasteiger charge is -2.25. The molecule has 1 saturated heterocycles.